The number of hydrogen-bond acceptors (Lipinski definition) is 3. The predicted molar refractivity (Wildman–Crippen MR) is 71.1 cm³/mol. The Morgan fingerprint density at radius 2 is 2.17 bits per heavy atom. The Labute approximate surface area is 110 Å². The molecule has 4 heteroatoms. The normalized spacial score (nSPS) is 37.6. The lowest BCUT2D eigenvalue weighted by Gasteiger charge is -2.37. The molecule has 0 aromatic rings. The number of nitrogens with zero attached hydrogens (tertiary/aromatic N) is 1. The fourth-order valence-corrected chi connectivity index (χ4v) is 3.28. The highest BCUT2D eigenvalue weighted by atomic mass is 16.5. The van der Waals surface area contributed by atoms with E-state index < -0.39 is 0 Å². The van der Waals surface area contributed by atoms with Gasteiger partial charge in [-0.1, -0.05) is 13.8 Å². The summed E-state index contributed by atoms with van der Waals surface area (Å²) in [5.74, 6) is 1.02. The molecule has 4 unspecified atom stereocenters. The first-order valence-electron chi connectivity index (χ1n) is 7.26. The van der Waals surface area contributed by atoms with Crippen molar-refractivity contribution in [2.75, 3.05) is 19.7 Å². The molecular formula is C14H26N2O2. The average molecular weight is 254 g/mol. The van der Waals surface area contributed by atoms with Crippen LogP contribution in [0.5, 0.6) is 0 Å². The number of carbonyl (C=O) groups is 1. The summed E-state index contributed by atoms with van der Waals surface area (Å²) < 4.78 is 5.62. The van der Waals surface area contributed by atoms with E-state index in [1.807, 2.05) is 4.90 Å². The summed E-state index contributed by atoms with van der Waals surface area (Å²) in [5.41, 5.74) is 6.04. The molecule has 0 aromatic heterocycles. The zero-order valence-electron chi connectivity index (χ0n) is 11.6. The van der Waals surface area contributed by atoms with Crippen LogP contribution >= 0.6 is 0 Å². The number of nitrogens with two attached hydrogens (primary N) is 1. The monoisotopic (exact) mass is 254 g/mol. The van der Waals surface area contributed by atoms with E-state index in [-0.39, 0.29) is 18.1 Å². The first-order valence-corrected chi connectivity index (χ1v) is 7.26. The fourth-order valence-electron chi connectivity index (χ4n) is 3.28. The Bertz CT molecular complexity index is 286. The molecule has 2 rings (SSSR count). The van der Waals surface area contributed by atoms with Crippen LogP contribution in [0.3, 0.4) is 0 Å². The lowest BCUT2D eigenvalue weighted by Crippen LogP contribution is -2.49. The number of rotatable bonds is 2. The minimum absolute atomic E-state index is 0.138. The number of hydrogen-bond donors (Lipinski definition) is 1. The van der Waals surface area contributed by atoms with Gasteiger partial charge >= 0.3 is 0 Å². The van der Waals surface area contributed by atoms with Crippen LogP contribution in [0.1, 0.15) is 39.5 Å². The zero-order chi connectivity index (χ0) is 13.1. The fraction of sp³-hybridized carbons (Fsp3) is 0.929. The minimum Gasteiger partial charge on any atom is -0.375 e. The van der Waals surface area contributed by atoms with Crippen molar-refractivity contribution in [3.8, 4) is 0 Å². The average Bonchev–Trinajstić information content (AvgIpc) is 2.37. The maximum atomic E-state index is 12.5. The molecule has 0 aromatic carbocycles. The van der Waals surface area contributed by atoms with Gasteiger partial charge in [-0.3, -0.25) is 4.79 Å². The molecule has 0 radical (unpaired) electrons. The van der Waals surface area contributed by atoms with Crippen LogP contribution in [-0.4, -0.2) is 42.6 Å². The van der Waals surface area contributed by atoms with E-state index >= 15 is 0 Å². The molecule has 2 N–H and O–H groups in total. The Morgan fingerprint density at radius 1 is 1.39 bits per heavy atom. The zero-order valence-corrected chi connectivity index (χ0v) is 11.6. The van der Waals surface area contributed by atoms with Gasteiger partial charge in [0.05, 0.1) is 12.7 Å². The molecule has 2 aliphatic rings. The lowest BCUT2D eigenvalue weighted by atomic mass is 9.79. The Balaban J connectivity index is 1.93. The van der Waals surface area contributed by atoms with Gasteiger partial charge in [-0.2, -0.15) is 0 Å². The third kappa shape index (κ3) is 3.23. The van der Waals surface area contributed by atoms with E-state index in [4.69, 9.17) is 10.5 Å². The van der Waals surface area contributed by atoms with Crippen molar-refractivity contribution in [2.45, 2.75) is 51.7 Å². The van der Waals surface area contributed by atoms with Gasteiger partial charge in [-0.25, -0.2) is 0 Å². The van der Waals surface area contributed by atoms with Gasteiger partial charge < -0.3 is 15.4 Å². The van der Waals surface area contributed by atoms with Gasteiger partial charge in [0.2, 0.25) is 5.91 Å². The van der Waals surface area contributed by atoms with Gasteiger partial charge in [0.15, 0.2) is 0 Å². The maximum absolute atomic E-state index is 12.5. The van der Waals surface area contributed by atoms with Crippen molar-refractivity contribution in [3.63, 3.8) is 0 Å². The van der Waals surface area contributed by atoms with Crippen LogP contribution in [0.2, 0.25) is 0 Å². The summed E-state index contributed by atoms with van der Waals surface area (Å²) in [6.07, 6.45) is 4.12. The van der Waals surface area contributed by atoms with E-state index in [1.54, 1.807) is 0 Å². The largest absolute Gasteiger partial charge is 0.375 e. The molecule has 0 bridgehead atoms. The molecule has 1 heterocycles. The van der Waals surface area contributed by atoms with Crippen LogP contribution in [-0.2, 0) is 9.53 Å². The second kappa shape index (κ2) is 6.02. The van der Waals surface area contributed by atoms with Gasteiger partial charge in [-0.05, 0) is 31.6 Å². The Morgan fingerprint density at radius 3 is 2.83 bits per heavy atom. The summed E-state index contributed by atoms with van der Waals surface area (Å²) >= 11 is 0. The molecule has 1 aliphatic heterocycles. The van der Waals surface area contributed by atoms with Gasteiger partial charge in [0.1, 0.15) is 0 Å². The summed E-state index contributed by atoms with van der Waals surface area (Å²) in [7, 11) is 0. The molecule has 1 saturated heterocycles. The van der Waals surface area contributed by atoms with Gasteiger partial charge in [-0.15, -0.1) is 0 Å². The molecule has 1 aliphatic carbocycles. The lowest BCUT2D eigenvalue weighted by molar-refractivity contribution is -0.144. The molecule has 104 valence electrons. The molecule has 0 spiro atoms. The van der Waals surface area contributed by atoms with Gasteiger partial charge in [0, 0.05) is 25.0 Å². The molecular weight excluding hydrogens is 228 g/mol. The Hall–Kier alpha value is -0.610. The molecule has 1 saturated carbocycles. The topological polar surface area (TPSA) is 55.6 Å². The predicted octanol–water partition coefficient (Wildman–Crippen LogP) is 1.39. The van der Waals surface area contributed by atoms with E-state index in [0.29, 0.717) is 18.4 Å². The van der Waals surface area contributed by atoms with Crippen LogP contribution < -0.4 is 5.73 Å². The second-order valence-electron chi connectivity index (χ2n) is 5.95. The maximum Gasteiger partial charge on any atom is 0.225 e. The highest BCUT2D eigenvalue weighted by Crippen LogP contribution is 2.29. The standard InChI is InChI=1S/C14H26N2O2/c1-3-13-9-16(4-5-18-13)14(17)11-6-10(2)7-12(15)8-11/h10-13H,3-9,15H2,1-2H3. The quantitative estimate of drug-likeness (QED) is 0.810. The smallest absolute Gasteiger partial charge is 0.225 e. The third-order valence-corrected chi connectivity index (χ3v) is 4.23. The van der Waals surface area contributed by atoms with Crippen molar-refractivity contribution in [1.29, 1.82) is 0 Å². The summed E-state index contributed by atoms with van der Waals surface area (Å²) in [5, 5.41) is 0. The van der Waals surface area contributed by atoms with E-state index in [2.05, 4.69) is 13.8 Å². The van der Waals surface area contributed by atoms with E-state index in [1.165, 1.54) is 0 Å². The van der Waals surface area contributed by atoms with Crippen molar-refractivity contribution in [2.24, 2.45) is 17.6 Å². The number of carbonyl (C=O) groups excluding carboxylic acids is 1. The molecule has 4 atom stereocenters. The van der Waals surface area contributed by atoms with Crippen LogP contribution in [0, 0.1) is 11.8 Å². The summed E-state index contributed by atoms with van der Waals surface area (Å²) in [4.78, 5) is 14.5. The first kappa shape index (κ1) is 13.8. The minimum atomic E-state index is 0.138. The number of amides is 1. The summed E-state index contributed by atoms with van der Waals surface area (Å²) in [6, 6.07) is 0.200. The third-order valence-electron chi connectivity index (χ3n) is 4.23. The SMILES string of the molecule is CCC1CN(C(=O)C2CC(C)CC(N)C2)CCO1. The Kier molecular flexibility index (Phi) is 4.62. The highest BCUT2D eigenvalue weighted by molar-refractivity contribution is 5.79. The molecule has 18 heavy (non-hydrogen) atoms. The molecule has 1 amide bonds. The highest BCUT2D eigenvalue weighted by Gasteiger charge is 2.33. The number of ether oxygens (including phenoxy) is 1. The van der Waals surface area contributed by atoms with Crippen LogP contribution in [0.4, 0.5) is 0 Å². The van der Waals surface area contributed by atoms with Crippen molar-refractivity contribution >= 4 is 5.91 Å². The summed E-state index contributed by atoms with van der Waals surface area (Å²) in [6.45, 7) is 6.49. The van der Waals surface area contributed by atoms with Crippen molar-refractivity contribution < 1.29 is 9.53 Å². The van der Waals surface area contributed by atoms with Crippen LogP contribution in [0.15, 0.2) is 0 Å². The van der Waals surface area contributed by atoms with E-state index in [0.717, 1.165) is 38.8 Å². The number of morpholine rings is 1. The van der Waals surface area contributed by atoms with Crippen molar-refractivity contribution in [1.82, 2.24) is 4.90 Å². The second-order valence-corrected chi connectivity index (χ2v) is 5.95. The molecule has 2 fully saturated rings. The van der Waals surface area contributed by atoms with Gasteiger partial charge in [0.25, 0.3) is 0 Å². The van der Waals surface area contributed by atoms with Crippen LogP contribution in [0.25, 0.3) is 0 Å². The van der Waals surface area contributed by atoms with Crippen molar-refractivity contribution in [3.05, 3.63) is 0 Å². The first-order chi connectivity index (χ1) is 8.60. The molecule has 4 nitrogen and oxygen atoms in total. The van der Waals surface area contributed by atoms with E-state index in [9.17, 15) is 4.79 Å².